The van der Waals surface area contributed by atoms with Crippen LogP contribution in [0.5, 0.6) is 5.75 Å². The maximum Gasteiger partial charge on any atom is 0.251 e. The van der Waals surface area contributed by atoms with Gasteiger partial charge in [-0.2, -0.15) is 0 Å². The van der Waals surface area contributed by atoms with E-state index in [2.05, 4.69) is 15.3 Å². The molecule has 1 aromatic rings. The van der Waals surface area contributed by atoms with Crippen LogP contribution in [-0.4, -0.2) is 26.1 Å². The number of nitrogens with one attached hydrogen (secondary N) is 1. The molecule has 0 aliphatic heterocycles. The van der Waals surface area contributed by atoms with Gasteiger partial charge in [-0.25, -0.2) is 0 Å². The number of azide groups is 1. The largest absolute Gasteiger partial charge is 0.496 e. The highest BCUT2D eigenvalue weighted by atomic mass is 16.5. The van der Waals surface area contributed by atoms with E-state index in [4.69, 9.17) is 10.3 Å². The number of benzene rings is 1. The second kappa shape index (κ2) is 6.40. The standard InChI is InChI=1S/C11H14N4O2/c1-8-3-4-9(7-10(8)17-2)11(16)13-5-6-14-15-12/h3-4,7H,5-6H2,1-2H3,(H,13,16). The molecule has 1 rings (SSSR count). The zero-order valence-corrected chi connectivity index (χ0v) is 9.80. The molecule has 0 atom stereocenters. The van der Waals surface area contributed by atoms with Gasteiger partial charge in [0.25, 0.3) is 5.91 Å². The fourth-order valence-corrected chi connectivity index (χ4v) is 1.33. The third kappa shape index (κ3) is 3.70. The molecule has 17 heavy (non-hydrogen) atoms. The molecule has 1 N–H and O–H groups in total. The van der Waals surface area contributed by atoms with Gasteiger partial charge in [0, 0.05) is 23.6 Å². The van der Waals surface area contributed by atoms with Crippen LogP contribution in [0.4, 0.5) is 0 Å². The first-order chi connectivity index (χ1) is 8.19. The number of rotatable bonds is 5. The van der Waals surface area contributed by atoms with Gasteiger partial charge in [0.2, 0.25) is 0 Å². The first-order valence-corrected chi connectivity index (χ1v) is 5.12. The number of methoxy groups -OCH3 is 1. The monoisotopic (exact) mass is 234 g/mol. The smallest absolute Gasteiger partial charge is 0.251 e. The van der Waals surface area contributed by atoms with Crippen LogP contribution in [0.15, 0.2) is 23.3 Å². The molecule has 0 fully saturated rings. The van der Waals surface area contributed by atoms with Crippen LogP contribution in [-0.2, 0) is 0 Å². The van der Waals surface area contributed by atoms with Gasteiger partial charge in [0.1, 0.15) is 5.75 Å². The van der Waals surface area contributed by atoms with E-state index >= 15 is 0 Å². The van der Waals surface area contributed by atoms with Gasteiger partial charge in [-0.15, -0.1) is 0 Å². The quantitative estimate of drug-likeness (QED) is 0.366. The average molecular weight is 234 g/mol. The Morgan fingerprint density at radius 3 is 3.00 bits per heavy atom. The molecule has 0 heterocycles. The normalized spacial score (nSPS) is 9.29. The fourth-order valence-electron chi connectivity index (χ4n) is 1.33. The van der Waals surface area contributed by atoms with Gasteiger partial charge in [-0.3, -0.25) is 4.79 Å². The van der Waals surface area contributed by atoms with Crippen molar-refractivity contribution in [3.05, 3.63) is 39.8 Å². The Balaban J connectivity index is 2.65. The Morgan fingerprint density at radius 1 is 1.59 bits per heavy atom. The van der Waals surface area contributed by atoms with E-state index in [0.29, 0.717) is 17.9 Å². The second-order valence-electron chi connectivity index (χ2n) is 3.39. The summed E-state index contributed by atoms with van der Waals surface area (Å²) in [4.78, 5) is 14.3. The molecular formula is C11H14N4O2. The summed E-state index contributed by atoms with van der Waals surface area (Å²) in [5, 5.41) is 5.97. The molecule has 0 aromatic heterocycles. The van der Waals surface area contributed by atoms with E-state index in [1.807, 2.05) is 13.0 Å². The minimum atomic E-state index is -0.212. The Labute approximate surface area is 99.2 Å². The van der Waals surface area contributed by atoms with Crippen molar-refractivity contribution < 1.29 is 9.53 Å². The number of carbonyl (C=O) groups excluding carboxylic acids is 1. The summed E-state index contributed by atoms with van der Waals surface area (Å²) in [7, 11) is 1.56. The lowest BCUT2D eigenvalue weighted by Crippen LogP contribution is -2.25. The summed E-state index contributed by atoms with van der Waals surface area (Å²) in [5.74, 6) is 0.462. The van der Waals surface area contributed by atoms with Crippen LogP contribution in [0.2, 0.25) is 0 Å². The lowest BCUT2D eigenvalue weighted by molar-refractivity contribution is 0.0954. The number of nitrogens with zero attached hydrogens (tertiary/aromatic N) is 3. The van der Waals surface area contributed by atoms with Crippen molar-refractivity contribution in [1.82, 2.24) is 5.32 Å². The number of carbonyl (C=O) groups is 1. The Kier molecular flexibility index (Phi) is 4.84. The van der Waals surface area contributed by atoms with Crippen LogP contribution in [0.25, 0.3) is 10.4 Å². The molecule has 0 aliphatic carbocycles. The van der Waals surface area contributed by atoms with Crippen molar-refractivity contribution in [3.63, 3.8) is 0 Å². The summed E-state index contributed by atoms with van der Waals surface area (Å²) in [6.07, 6.45) is 0. The van der Waals surface area contributed by atoms with Gasteiger partial charge in [-0.05, 0) is 30.2 Å². The molecule has 0 unspecified atom stereocenters. The molecule has 90 valence electrons. The minimum Gasteiger partial charge on any atom is -0.496 e. The van der Waals surface area contributed by atoms with Crippen molar-refractivity contribution in [2.45, 2.75) is 6.92 Å². The first kappa shape index (κ1) is 12.9. The van der Waals surface area contributed by atoms with Gasteiger partial charge in [0.05, 0.1) is 7.11 Å². The average Bonchev–Trinajstić information content (AvgIpc) is 2.35. The van der Waals surface area contributed by atoms with Crippen LogP contribution >= 0.6 is 0 Å². The molecule has 1 aromatic carbocycles. The Morgan fingerprint density at radius 2 is 2.35 bits per heavy atom. The Bertz CT molecular complexity index is 453. The van der Waals surface area contributed by atoms with Crippen LogP contribution in [0, 0.1) is 6.92 Å². The van der Waals surface area contributed by atoms with E-state index in [-0.39, 0.29) is 12.5 Å². The van der Waals surface area contributed by atoms with Gasteiger partial charge in [0.15, 0.2) is 0 Å². The fraction of sp³-hybridized carbons (Fsp3) is 0.364. The minimum absolute atomic E-state index is 0.212. The molecule has 0 radical (unpaired) electrons. The van der Waals surface area contributed by atoms with Crippen molar-refractivity contribution in [3.8, 4) is 5.75 Å². The third-order valence-corrected chi connectivity index (χ3v) is 2.23. The summed E-state index contributed by atoms with van der Waals surface area (Å²) >= 11 is 0. The summed E-state index contributed by atoms with van der Waals surface area (Å²) in [5.41, 5.74) is 9.57. The lowest BCUT2D eigenvalue weighted by atomic mass is 10.1. The lowest BCUT2D eigenvalue weighted by Gasteiger charge is -2.07. The van der Waals surface area contributed by atoms with E-state index < -0.39 is 0 Å². The summed E-state index contributed by atoms with van der Waals surface area (Å²) in [6, 6.07) is 5.22. The van der Waals surface area contributed by atoms with Crippen molar-refractivity contribution in [2.24, 2.45) is 5.11 Å². The topological polar surface area (TPSA) is 87.1 Å². The Hall–Kier alpha value is -2.20. The van der Waals surface area contributed by atoms with Crippen molar-refractivity contribution in [1.29, 1.82) is 0 Å². The maximum absolute atomic E-state index is 11.7. The molecule has 0 saturated heterocycles. The van der Waals surface area contributed by atoms with Crippen LogP contribution < -0.4 is 10.1 Å². The number of amides is 1. The zero-order chi connectivity index (χ0) is 12.7. The highest BCUT2D eigenvalue weighted by molar-refractivity contribution is 5.94. The van der Waals surface area contributed by atoms with Gasteiger partial charge < -0.3 is 10.1 Å². The van der Waals surface area contributed by atoms with Gasteiger partial charge in [-0.1, -0.05) is 11.2 Å². The summed E-state index contributed by atoms with van der Waals surface area (Å²) in [6.45, 7) is 2.46. The number of hydrogen-bond acceptors (Lipinski definition) is 3. The predicted octanol–water partition coefficient (Wildman–Crippen LogP) is 2.04. The highest BCUT2D eigenvalue weighted by Crippen LogP contribution is 2.18. The molecule has 0 saturated carbocycles. The number of ether oxygens (including phenoxy) is 1. The number of hydrogen-bond donors (Lipinski definition) is 1. The molecule has 1 amide bonds. The van der Waals surface area contributed by atoms with E-state index in [0.717, 1.165) is 5.56 Å². The SMILES string of the molecule is COc1cc(C(=O)NCCN=[N+]=[N-])ccc1C. The van der Waals surface area contributed by atoms with E-state index in [1.165, 1.54) is 0 Å². The number of aryl methyl sites for hydroxylation is 1. The molecule has 0 spiro atoms. The highest BCUT2D eigenvalue weighted by Gasteiger charge is 2.07. The van der Waals surface area contributed by atoms with Crippen LogP contribution in [0.1, 0.15) is 15.9 Å². The second-order valence-corrected chi connectivity index (χ2v) is 3.39. The van der Waals surface area contributed by atoms with Crippen molar-refractivity contribution in [2.75, 3.05) is 20.2 Å². The summed E-state index contributed by atoms with van der Waals surface area (Å²) < 4.78 is 5.13. The molecule has 0 aliphatic rings. The molecule has 0 bridgehead atoms. The van der Waals surface area contributed by atoms with Crippen LogP contribution in [0.3, 0.4) is 0 Å². The maximum atomic E-state index is 11.7. The molecule has 6 nitrogen and oxygen atoms in total. The first-order valence-electron chi connectivity index (χ1n) is 5.12. The van der Waals surface area contributed by atoms with E-state index in [1.54, 1.807) is 19.2 Å². The van der Waals surface area contributed by atoms with E-state index in [9.17, 15) is 4.79 Å². The zero-order valence-electron chi connectivity index (χ0n) is 9.80. The van der Waals surface area contributed by atoms with Gasteiger partial charge >= 0.3 is 0 Å². The molecule has 6 heteroatoms. The molecular weight excluding hydrogens is 220 g/mol. The third-order valence-electron chi connectivity index (χ3n) is 2.23. The predicted molar refractivity (Wildman–Crippen MR) is 64.1 cm³/mol. The van der Waals surface area contributed by atoms with Crippen molar-refractivity contribution >= 4 is 5.91 Å².